The molecule has 0 N–H and O–H groups in total. The first-order valence-corrected chi connectivity index (χ1v) is 4.96. The molecular formula is C10H8INO2. The van der Waals surface area contributed by atoms with Crippen molar-refractivity contribution in [3.63, 3.8) is 0 Å². The third kappa shape index (κ3) is 2.04. The highest BCUT2D eigenvalue weighted by Gasteiger charge is 2.13. The van der Waals surface area contributed by atoms with E-state index >= 15 is 0 Å². The van der Waals surface area contributed by atoms with E-state index in [4.69, 9.17) is 5.26 Å². The normalized spacial score (nSPS) is 9.29. The molecule has 0 aliphatic heterocycles. The standard InChI is InChI=1S/C10H8INO2/c1-6-3-7(5-12)8(4-9(6)11)10(13)14-2/h3-4H,1-2H3. The zero-order valence-corrected chi connectivity index (χ0v) is 9.95. The molecule has 0 radical (unpaired) electrons. The molecule has 0 heterocycles. The minimum absolute atomic E-state index is 0.324. The predicted octanol–water partition coefficient (Wildman–Crippen LogP) is 2.26. The number of methoxy groups -OCH3 is 1. The van der Waals surface area contributed by atoms with Gasteiger partial charge in [-0.1, -0.05) is 0 Å². The first-order valence-electron chi connectivity index (χ1n) is 3.88. The molecule has 72 valence electrons. The summed E-state index contributed by atoms with van der Waals surface area (Å²) in [5.74, 6) is -0.473. The topological polar surface area (TPSA) is 50.1 Å². The van der Waals surface area contributed by atoms with Gasteiger partial charge in [-0.3, -0.25) is 0 Å². The molecule has 4 heteroatoms. The molecule has 1 aromatic rings. The summed E-state index contributed by atoms with van der Waals surface area (Å²) in [6, 6.07) is 5.33. The van der Waals surface area contributed by atoms with E-state index in [1.165, 1.54) is 7.11 Å². The Morgan fingerprint density at radius 3 is 2.71 bits per heavy atom. The quantitative estimate of drug-likeness (QED) is 0.590. The van der Waals surface area contributed by atoms with Gasteiger partial charge in [0.15, 0.2) is 0 Å². The summed E-state index contributed by atoms with van der Waals surface area (Å²) in [6.45, 7) is 1.89. The van der Waals surface area contributed by atoms with Gasteiger partial charge in [-0.25, -0.2) is 4.79 Å². The lowest BCUT2D eigenvalue weighted by Gasteiger charge is -2.04. The number of nitrogens with zero attached hydrogens (tertiary/aromatic N) is 1. The van der Waals surface area contributed by atoms with Crippen LogP contribution in [0.25, 0.3) is 0 Å². The molecule has 0 atom stereocenters. The number of nitriles is 1. The first-order chi connectivity index (χ1) is 6.60. The van der Waals surface area contributed by atoms with Crippen LogP contribution in [0.15, 0.2) is 12.1 Å². The van der Waals surface area contributed by atoms with Crippen LogP contribution in [0.5, 0.6) is 0 Å². The van der Waals surface area contributed by atoms with Crippen molar-refractivity contribution in [3.05, 3.63) is 32.4 Å². The number of hydrogen-bond acceptors (Lipinski definition) is 3. The lowest BCUT2D eigenvalue weighted by atomic mass is 10.1. The molecule has 0 amide bonds. The Morgan fingerprint density at radius 1 is 1.57 bits per heavy atom. The maximum atomic E-state index is 11.3. The fraction of sp³-hybridized carbons (Fsp3) is 0.200. The summed E-state index contributed by atoms with van der Waals surface area (Å²) in [7, 11) is 1.30. The minimum Gasteiger partial charge on any atom is -0.465 e. The summed E-state index contributed by atoms with van der Waals surface area (Å²) >= 11 is 2.12. The van der Waals surface area contributed by atoms with Gasteiger partial charge in [-0.05, 0) is 47.2 Å². The molecule has 0 aromatic heterocycles. The van der Waals surface area contributed by atoms with Gasteiger partial charge in [0.25, 0.3) is 0 Å². The van der Waals surface area contributed by atoms with E-state index in [-0.39, 0.29) is 0 Å². The molecule has 0 unspecified atom stereocenters. The van der Waals surface area contributed by atoms with Crippen molar-refractivity contribution in [1.29, 1.82) is 5.26 Å². The van der Waals surface area contributed by atoms with Gasteiger partial charge in [-0.2, -0.15) is 5.26 Å². The Labute approximate surface area is 95.8 Å². The number of carbonyl (C=O) groups excluding carboxylic acids is 1. The summed E-state index contributed by atoms with van der Waals surface area (Å²) < 4.78 is 5.53. The van der Waals surface area contributed by atoms with Gasteiger partial charge in [-0.15, -0.1) is 0 Å². The van der Waals surface area contributed by atoms with Gasteiger partial charge >= 0.3 is 5.97 Å². The van der Waals surface area contributed by atoms with E-state index in [0.29, 0.717) is 11.1 Å². The van der Waals surface area contributed by atoms with Crippen molar-refractivity contribution in [2.75, 3.05) is 7.11 Å². The summed E-state index contributed by atoms with van der Waals surface area (Å²) in [6.07, 6.45) is 0. The van der Waals surface area contributed by atoms with Crippen molar-refractivity contribution in [2.45, 2.75) is 6.92 Å². The number of hydrogen-bond donors (Lipinski definition) is 0. The number of halogens is 1. The Hall–Kier alpha value is -1.09. The molecule has 0 bridgehead atoms. The second kappa shape index (κ2) is 4.42. The zero-order chi connectivity index (χ0) is 10.7. The predicted molar refractivity (Wildman–Crippen MR) is 60.0 cm³/mol. The maximum Gasteiger partial charge on any atom is 0.339 e. The van der Waals surface area contributed by atoms with Crippen molar-refractivity contribution < 1.29 is 9.53 Å². The van der Waals surface area contributed by atoms with Crippen molar-refractivity contribution in [3.8, 4) is 6.07 Å². The molecule has 0 saturated heterocycles. The molecule has 0 aliphatic rings. The second-order valence-electron chi connectivity index (χ2n) is 2.75. The number of aryl methyl sites for hydroxylation is 1. The Balaban J connectivity index is 3.36. The lowest BCUT2D eigenvalue weighted by Crippen LogP contribution is -2.05. The molecule has 0 spiro atoms. The average molecular weight is 301 g/mol. The van der Waals surface area contributed by atoms with Crippen LogP contribution < -0.4 is 0 Å². The molecular weight excluding hydrogens is 293 g/mol. The molecule has 14 heavy (non-hydrogen) atoms. The number of rotatable bonds is 1. The summed E-state index contributed by atoms with van der Waals surface area (Å²) in [5.41, 5.74) is 1.66. The van der Waals surface area contributed by atoms with Crippen LogP contribution in [0.1, 0.15) is 21.5 Å². The van der Waals surface area contributed by atoms with Gasteiger partial charge in [0, 0.05) is 3.57 Å². The fourth-order valence-corrected chi connectivity index (χ4v) is 1.52. The maximum absolute atomic E-state index is 11.3. The van der Waals surface area contributed by atoms with Crippen LogP contribution >= 0.6 is 22.6 Å². The van der Waals surface area contributed by atoms with E-state index in [2.05, 4.69) is 27.3 Å². The third-order valence-corrected chi connectivity index (χ3v) is 2.99. The molecule has 0 saturated carbocycles. The van der Waals surface area contributed by atoms with Gasteiger partial charge in [0.2, 0.25) is 0 Å². The van der Waals surface area contributed by atoms with Crippen LogP contribution in [-0.4, -0.2) is 13.1 Å². The van der Waals surface area contributed by atoms with E-state index in [9.17, 15) is 4.79 Å². The van der Waals surface area contributed by atoms with Crippen LogP contribution in [-0.2, 0) is 4.74 Å². The lowest BCUT2D eigenvalue weighted by molar-refractivity contribution is 0.0600. The van der Waals surface area contributed by atoms with E-state index in [1.54, 1.807) is 12.1 Å². The Kier molecular flexibility index (Phi) is 3.47. The van der Waals surface area contributed by atoms with Crippen molar-refractivity contribution in [2.24, 2.45) is 0 Å². The third-order valence-electron chi connectivity index (χ3n) is 1.82. The Morgan fingerprint density at radius 2 is 2.21 bits per heavy atom. The Bertz CT molecular complexity index is 421. The van der Waals surface area contributed by atoms with Crippen LogP contribution in [0.2, 0.25) is 0 Å². The monoisotopic (exact) mass is 301 g/mol. The summed E-state index contributed by atoms with van der Waals surface area (Å²) in [5, 5.41) is 8.82. The highest BCUT2D eigenvalue weighted by Crippen LogP contribution is 2.18. The highest BCUT2D eigenvalue weighted by molar-refractivity contribution is 14.1. The average Bonchev–Trinajstić information content (AvgIpc) is 2.20. The highest BCUT2D eigenvalue weighted by atomic mass is 127. The molecule has 1 aromatic carbocycles. The number of esters is 1. The van der Waals surface area contributed by atoms with Crippen molar-refractivity contribution in [1.82, 2.24) is 0 Å². The van der Waals surface area contributed by atoms with E-state index in [1.807, 2.05) is 13.0 Å². The van der Waals surface area contributed by atoms with Crippen LogP contribution in [0.3, 0.4) is 0 Å². The number of benzene rings is 1. The van der Waals surface area contributed by atoms with Gasteiger partial charge in [0.1, 0.15) is 6.07 Å². The first kappa shape index (κ1) is 11.0. The van der Waals surface area contributed by atoms with Crippen molar-refractivity contribution >= 4 is 28.6 Å². The van der Waals surface area contributed by atoms with Gasteiger partial charge in [0.05, 0.1) is 18.2 Å². The molecule has 3 nitrogen and oxygen atoms in total. The zero-order valence-electron chi connectivity index (χ0n) is 7.80. The second-order valence-corrected chi connectivity index (χ2v) is 3.91. The fourth-order valence-electron chi connectivity index (χ4n) is 1.05. The van der Waals surface area contributed by atoms with E-state index in [0.717, 1.165) is 9.13 Å². The van der Waals surface area contributed by atoms with E-state index < -0.39 is 5.97 Å². The molecule has 1 rings (SSSR count). The largest absolute Gasteiger partial charge is 0.465 e. The number of ether oxygens (including phenoxy) is 1. The molecule has 0 fully saturated rings. The van der Waals surface area contributed by atoms with Gasteiger partial charge < -0.3 is 4.74 Å². The SMILES string of the molecule is COC(=O)c1cc(I)c(C)cc1C#N. The summed E-state index contributed by atoms with van der Waals surface area (Å²) in [4.78, 5) is 11.3. The van der Waals surface area contributed by atoms with Crippen LogP contribution in [0.4, 0.5) is 0 Å². The van der Waals surface area contributed by atoms with Crippen LogP contribution in [0, 0.1) is 21.8 Å². The minimum atomic E-state index is -0.473. The molecule has 0 aliphatic carbocycles. The number of carbonyl (C=O) groups is 1. The smallest absolute Gasteiger partial charge is 0.339 e.